The minimum absolute atomic E-state index is 0.169. The van der Waals surface area contributed by atoms with Gasteiger partial charge in [0.05, 0.1) is 0 Å². The van der Waals surface area contributed by atoms with Crippen LogP contribution < -0.4 is 0 Å². The standard InChI is InChI=1S/C20H30O3S/c1-6-13-23-20(4,5)12-8-11-17(2)9-7-10-18(3)16-19(21)22-14-15-24/h7,10,15-17H,8-9,11-12,14H2,1-5H3. The molecule has 0 aromatic heterocycles. The summed E-state index contributed by atoms with van der Waals surface area (Å²) in [5.74, 6) is 2.99. The van der Waals surface area contributed by atoms with Crippen molar-refractivity contribution < 1.29 is 14.3 Å². The number of thiocarbonyl (C=S) groups is 1. The first-order chi connectivity index (χ1) is 11.3. The SMILES string of the molecule is CC#COC(C)(C)CCCC(C)CC=CC(C)=CC(=O)OCC=S. The smallest absolute Gasteiger partial charge is 0.331 e. The summed E-state index contributed by atoms with van der Waals surface area (Å²) in [6, 6.07) is 0. The van der Waals surface area contributed by atoms with Gasteiger partial charge in [0.15, 0.2) is 0 Å². The fourth-order valence-electron chi connectivity index (χ4n) is 2.11. The number of carbonyl (C=O) groups is 1. The van der Waals surface area contributed by atoms with Gasteiger partial charge in [0.2, 0.25) is 0 Å². The van der Waals surface area contributed by atoms with Crippen molar-refractivity contribution in [3.63, 3.8) is 0 Å². The van der Waals surface area contributed by atoms with Gasteiger partial charge < -0.3 is 9.47 Å². The van der Waals surface area contributed by atoms with Crippen molar-refractivity contribution in [3.8, 4) is 12.0 Å². The highest BCUT2D eigenvalue weighted by Crippen LogP contribution is 2.21. The summed E-state index contributed by atoms with van der Waals surface area (Å²) >= 11 is 4.61. The number of ether oxygens (including phenoxy) is 2. The van der Waals surface area contributed by atoms with Crippen LogP contribution in [0.15, 0.2) is 23.8 Å². The second kappa shape index (κ2) is 12.8. The molecule has 134 valence electrons. The predicted octanol–water partition coefficient (Wildman–Crippen LogP) is 5.00. The van der Waals surface area contributed by atoms with E-state index in [1.165, 1.54) is 11.4 Å². The molecule has 0 amide bonds. The van der Waals surface area contributed by atoms with Crippen molar-refractivity contribution in [2.24, 2.45) is 5.92 Å². The zero-order valence-electron chi connectivity index (χ0n) is 15.6. The molecule has 1 atom stereocenters. The van der Waals surface area contributed by atoms with Gasteiger partial charge in [0.25, 0.3) is 0 Å². The molecule has 0 saturated carbocycles. The van der Waals surface area contributed by atoms with Crippen LogP contribution in [0, 0.1) is 17.9 Å². The van der Waals surface area contributed by atoms with Crippen LogP contribution in [0.2, 0.25) is 0 Å². The molecule has 0 aliphatic rings. The first-order valence-electron chi connectivity index (χ1n) is 8.35. The molecular formula is C20H30O3S. The number of allylic oxidation sites excluding steroid dienone is 3. The van der Waals surface area contributed by atoms with E-state index < -0.39 is 0 Å². The average Bonchev–Trinajstić information content (AvgIpc) is 2.50. The number of hydrogen-bond donors (Lipinski definition) is 0. The average molecular weight is 351 g/mol. The second-order valence-electron chi connectivity index (χ2n) is 6.53. The minimum Gasteiger partial charge on any atom is -0.457 e. The molecule has 0 fully saturated rings. The Morgan fingerprint density at radius 2 is 2.08 bits per heavy atom. The molecule has 0 N–H and O–H groups in total. The van der Waals surface area contributed by atoms with Crippen molar-refractivity contribution in [1.29, 1.82) is 0 Å². The molecule has 0 saturated heterocycles. The van der Waals surface area contributed by atoms with Gasteiger partial charge in [-0.2, -0.15) is 0 Å². The highest BCUT2D eigenvalue weighted by Gasteiger charge is 2.18. The van der Waals surface area contributed by atoms with Crippen LogP contribution in [0.3, 0.4) is 0 Å². The van der Waals surface area contributed by atoms with E-state index in [2.05, 4.69) is 51.1 Å². The molecule has 0 aromatic rings. The van der Waals surface area contributed by atoms with E-state index in [4.69, 9.17) is 9.47 Å². The molecule has 0 spiro atoms. The molecule has 0 bridgehead atoms. The number of hydrogen-bond acceptors (Lipinski definition) is 4. The third-order valence-electron chi connectivity index (χ3n) is 3.46. The van der Waals surface area contributed by atoms with E-state index >= 15 is 0 Å². The Kier molecular flexibility index (Phi) is 11.9. The molecular weight excluding hydrogens is 320 g/mol. The molecule has 0 aliphatic carbocycles. The Morgan fingerprint density at radius 1 is 1.38 bits per heavy atom. The third-order valence-corrected chi connectivity index (χ3v) is 3.60. The van der Waals surface area contributed by atoms with Crippen LogP contribution in [0.4, 0.5) is 0 Å². The topological polar surface area (TPSA) is 35.5 Å². The Balaban J connectivity index is 4.09. The molecule has 0 rings (SSSR count). The van der Waals surface area contributed by atoms with E-state index in [9.17, 15) is 4.79 Å². The fraction of sp³-hybridized carbons (Fsp3) is 0.600. The third kappa shape index (κ3) is 12.9. The first kappa shape index (κ1) is 22.4. The molecule has 1 unspecified atom stereocenters. The highest BCUT2D eigenvalue weighted by molar-refractivity contribution is 7.79. The Morgan fingerprint density at radius 3 is 2.71 bits per heavy atom. The lowest BCUT2D eigenvalue weighted by Gasteiger charge is -2.22. The van der Waals surface area contributed by atoms with Gasteiger partial charge in [0.1, 0.15) is 18.3 Å². The van der Waals surface area contributed by atoms with Gasteiger partial charge in [-0.1, -0.05) is 43.6 Å². The fourth-order valence-corrected chi connectivity index (χ4v) is 2.18. The molecule has 0 aliphatic heterocycles. The van der Waals surface area contributed by atoms with E-state index in [1.54, 1.807) is 6.92 Å². The van der Waals surface area contributed by atoms with Gasteiger partial charge in [-0.3, -0.25) is 0 Å². The number of carbonyl (C=O) groups excluding carboxylic acids is 1. The first-order valence-corrected chi connectivity index (χ1v) is 8.83. The van der Waals surface area contributed by atoms with E-state index in [1.807, 2.05) is 13.0 Å². The van der Waals surface area contributed by atoms with Crippen LogP contribution in [0.1, 0.15) is 60.3 Å². The Labute approximate surface area is 152 Å². The number of rotatable bonds is 11. The van der Waals surface area contributed by atoms with Crippen molar-refractivity contribution in [1.82, 2.24) is 0 Å². The van der Waals surface area contributed by atoms with Crippen LogP contribution >= 0.6 is 12.2 Å². The molecule has 24 heavy (non-hydrogen) atoms. The van der Waals surface area contributed by atoms with Gasteiger partial charge in [-0.05, 0) is 51.5 Å². The van der Waals surface area contributed by atoms with Crippen molar-refractivity contribution >= 4 is 23.6 Å². The van der Waals surface area contributed by atoms with Crippen LogP contribution in [0.25, 0.3) is 0 Å². The summed E-state index contributed by atoms with van der Waals surface area (Å²) in [5, 5.41) is 1.39. The molecule has 4 heteroatoms. The molecule has 0 heterocycles. The molecule has 0 aromatic carbocycles. The monoisotopic (exact) mass is 350 g/mol. The summed E-state index contributed by atoms with van der Waals surface area (Å²) in [5.41, 5.74) is 0.685. The number of esters is 1. The van der Waals surface area contributed by atoms with Gasteiger partial charge in [0, 0.05) is 18.4 Å². The zero-order chi connectivity index (χ0) is 18.4. The Hall–Kier alpha value is -1.60. The Bertz CT molecular complexity index is 507. The summed E-state index contributed by atoms with van der Waals surface area (Å²) in [6.07, 6.45) is 12.4. The summed E-state index contributed by atoms with van der Waals surface area (Å²) in [7, 11) is 0. The van der Waals surface area contributed by atoms with Crippen molar-refractivity contribution in [3.05, 3.63) is 23.8 Å². The van der Waals surface area contributed by atoms with Crippen LogP contribution in [-0.4, -0.2) is 23.5 Å². The lowest BCUT2D eigenvalue weighted by atomic mass is 9.95. The quantitative estimate of drug-likeness (QED) is 0.173. The van der Waals surface area contributed by atoms with Crippen molar-refractivity contribution in [2.45, 2.75) is 65.9 Å². The van der Waals surface area contributed by atoms with Gasteiger partial charge in [-0.15, -0.1) is 0 Å². The molecule has 0 radical (unpaired) electrons. The normalized spacial score (nSPS) is 13.1. The molecule has 3 nitrogen and oxygen atoms in total. The van der Waals surface area contributed by atoms with E-state index in [0.717, 1.165) is 31.3 Å². The lowest BCUT2D eigenvalue weighted by molar-refractivity contribution is -0.136. The zero-order valence-corrected chi connectivity index (χ0v) is 16.4. The summed E-state index contributed by atoms with van der Waals surface area (Å²) in [6.45, 7) is 10.2. The van der Waals surface area contributed by atoms with Gasteiger partial charge in [-0.25, -0.2) is 4.79 Å². The van der Waals surface area contributed by atoms with E-state index in [-0.39, 0.29) is 18.2 Å². The predicted molar refractivity (Wildman–Crippen MR) is 104 cm³/mol. The maximum atomic E-state index is 11.4. The lowest BCUT2D eigenvalue weighted by Crippen LogP contribution is -2.22. The summed E-state index contributed by atoms with van der Waals surface area (Å²) in [4.78, 5) is 11.4. The highest BCUT2D eigenvalue weighted by atomic mass is 32.1. The van der Waals surface area contributed by atoms with Crippen molar-refractivity contribution in [2.75, 3.05) is 6.61 Å². The minimum atomic E-state index is -0.358. The van der Waals surface area contributed by atoms with Crippen LogP contribution in [-0.2, 0) is 14.3 Å². The summed E-state index contributed by atoms with van der Waals surface area (Å²) < 4.78 is 10.4. The van der Waals surface area contributed by atoms with Gasteiger partial charge >= 0.3 is 5.97 Å². The van der Waals surface area contributed by atoms with Crippen LogP contribution in [0.5, 0.6) is 0 Å². The maximum Gasteiger partial charge on any atom is 0.331 e. The largest absolute Gasteiger partial charge is 0.457 e. The maximum absolute atomic E-state index is 11.4. The second-order valence-corrected chi connectivity index (χ2v) is 6.87. The van der Waals surface area contributed by atoms with E-state index in [0.29, 0.717) is 5.92 Å².